The van der Waals surface area contributed by atoms with E-state index in [4.69, 9.17) is 5.41 Å². The van der Waals surface area contributed by atoms with Crippen LogP contribution >= 0.6 is 0 Å². The predicted octanol–water partition coefficient (Wildman–Crippen LogP) is 0.0181. The first-order valence-electron chi connectivity index (χ1n) is 2.49. The molecule has 0 aliphatic carbocycles. The van der Waals surface area contributed by atoms with E-state index in [1.807, 2.05) is 6.92 Å². The van der Waals surface area contributed by atoms with E-state index < -0.39 is 0 Å². The summed E-state index contributed by atoms with van der Waals surface area (Å²) in [6.45, 7) is 2.43. The molecule has 0 aliphatic rings. The van der Waals surface area contributed by atoms with E-state index in [9.17, 15) is 4.79 Å². The monoisotopic (exact) mass is 114 g/mol. The van der Waals surface area contributed by atoms with Crippen molar-refractivity contribution in [1.82, 2.24) is 5.32 Å². The number of carbonyl (C=O) groups is 1. The van der Waals surface area contributed by atoms with Gasteiger partial charge in [0.25, 0.3) is 0 Å². The Morgan fingerprint density at radius 2 is 2.50 bits per heavy atom. The lowest BCUT2D eigenvalue weighted by molar-refractivity contribution is -0.109. The molecule has 1 unspecified atom stereocenters. The van der Waals surface area contributed by atoms with Gasteiger partial charge >= 0.3 is 0 Å². The Morgan fingerprint density at radius 1 is 1.88 bits per heavy atom. The minimum Gasteiger partial charge on any atom is -0.358 e. The summed E-state index contributed by atoms with van der Waals surface area (Å²) in [6.07, 6.45) is 1.94. The summed E-state index contributed by atoms with van der Waals surface area (Å²) in [5.41, 5.74) is 0. The van der Waals surface area contributed by atoms with Crippen molar-refractivity contribution in [3.63, 3.8) is 0 Å². The third-order valence-electron chi connectivity index (χ3n) is 0.808. The zero-order valence-corrected chi connectivity index (χ0v) is 4.85. The highest BCUT2D eigenvalue weighted by Gasteiger charge is 1.91. The van der Waals surface area contributed by atoms with Gasteiger partial charge in [0.05, 0.1) is 0 Å². The zero-order chi connectivity index (χ0) is 6.41. The zero-order valence-electron chi connectivity index (χ0n) is 4.85. The van der Waals surface area contributed by atoms with E-state index in [0.29, 0.717) is 13.0 Å². The number of amides is 1. The summed E-state index contributed by atoms with van der Waals surface area (Å²) in [6, 6.07) is 0. The Morgan fingerprint density at radius 3 is 2.88 bits per heavy atom. The molecule has 0 aromatic rings. The van der Waals surface area contributed by atoms with E-state index in [2.05, 4.69) is 5.32 Å². The first kappa shape index (κ1) is 7.14. The second-order valence-electron chi connectivity index (χ2n) is 1.67. The SMILES string of the molecule is CC(C=N)CNC=O. The lowest BCUT2D eigenvalue weighted by Gasteiger charge is -1.99. The molecule has 0 rings (SSSR count). The van der Waals surface area contributed by atoms with Gasteiger partial charge in [-0.3, -0.25) is 4.79 Å². The van der Waals surface area contributed by atoms with Gasteiger partial charge in [0.2, 0.25) is 6.41 Å². The van der Waals surface area contributed by atoms with E-state index >= 15 is 0 Å². The molecule has 0 aliphatic heterocycles. The maximum absolute atomic E-state index is 9.64. The summed E-state index contributed by atoms with van der Waals surface area (Å²) >= 11 is 0. The fourth-order valence-corrected chi connectivity index (χ4v) is 0.293. The van der Waals surface area contributed by atoms with Crippen LogP contribution in [0.1, 0.15) is 6.92 Å². The van der Waals surface area contributed by atoms with Crippen LogP contribution in [-0.4, -0.2) is 19.2 Å². The van der Waals surface area contributed by atoms with Crippen LogP contribution in [-0.2, 0) is 4.79 Å². The van der Waals surface area contributed by atoms with Gasteiger partial charge in [0.1, 0.15) is 0 Å². The van der Waals surface area contributed by atoms with Gasteiger partial charge in [-0.2, -0.15) is 0 Å². The smallest absolute Gasteiger partial charge is 0.207 e. The molecule has 0 spiro atoms. The molecule has 46 valence electrons. The van der Waals surface area contributed by atoms with Crippen LogP contribution < -0.4 is 5.32 Å². The molecule has 3 heteroatoms. The van der Waals surface area contributed by atoms with Crippen LogP contribution in [0.5, 0.6) is 0 Å². The summed E-state index contributed by atoms with van der Waals surface area (Å²) < 4.78 is 0. The molecule has 0 saturated heterocycles. The Hall–Kier alpha value is -0.860. The fraction of sp³-hybridized carbons (Fsp3) is 0.600. The summed E-state index contributed by atoms with van der Waals surface area (Å²) in [4.78, 5) is 9.64. The lowest BCUT2D eigenvalue weighted by atomic mass is 10.2. The average molecular weight is 114 g/mol. The Balaban J connectivity index is 3.09. The molecule has 0 radical (unpaired) electrons. The van der Waals surface area contributed by atoms with Crippen LogP contribution in [0, 0.1) is 11.3 Å². The molecule has 0 aromatic carbocycles. The second-order valence-corrected chi connectivity index (χ2v) is 1.67. The molecule has 2 N–H and O–H groups in total. The topological polar surface area (TPSA) is 53.0 Å². The summed E-state index contributed by atoms with van der Waals surface area (Å²) in [5.74, 6) is 0.153. The van der Waals surface area contributed by atoms with Crippen molar-refractivity contribution in [3.05, 3.63) is 0 Å². The highest BCUT2D eigenvalue weighted by molar-refractivity contribution is 5.57. The van der Waals surface area contributed by atoms with Crippen LogP contribution in [0.3, 0.4) is 0 Å². The normalized spacial score (nSPS) is 12.1. The second kappa shape index (κ2) is 4.30. The fourth-order valence-electron chi connectivity index (χ4n) is 0.293. The van der Waals surface area contributed by atoms with Crippen molar-refractivity contribution in [3.8, 4) is 0 Å². The van der Waals surface area contributed by atoms with Crippen LogP contribution in [0.4, 0.5) is 0 Å². The van der Waals surface area contributed by atoms with Crippen molar-refractivity contribution in [2.45, 2.75) is 6.92 Å². The third kappa shape index (κ3) is 3.33. The van der Waals surface area contributed by atoms with E-state index in [0.717, 1.165) is 0 Å². The molecule has 1 atom stereocenters. The number of hydrogen-bond donors (Lipinski definition) is 2. The molecular formula is C5H10N2O. The largest absolute Gasteiger partial charge is 0.358 e. The molecule has 0 saturated carbocycles. The van der Waals surface area contributed by atoms with Crippen molar-refractivity contribution in [1.29, 1.82) is 5.41 Å². The predicted molar refractivity (Wildman–Crippen MR) is 32.0 cm³/mol. The summed E-state index contributed by atoms with van der Waals surface area (Å²) in [7, 11) is 0. The van der Waals surface area contributed by atoms with Gasteiger partial charge in [0, 0.05) is 12.5 Å². The minimum absolute atomic E-state index is 0.153. The van der Waals surface area contributed by atoms with Crippen LogP contribution in [0.15, 0.2) is 0 Å². The maximum atomic E-state index is 9.64. The van der Waals surface area contributed by atoms with Gasteiger partial charge in [0.15, 0.2) is 0 Å². The molecule has 8 heavy (non-hydrogen) atoms. The highest BCUT2D eigenvalue weighted by atomic mass is 16.1. The molecule has 0 aromatic heterocycles. The van der Waals surface area contributed by atoms with Gasteiger partial charge in [-0.15, -0.1) is 0 Å². The molecule has 0 fully saturated rings. The van der Waals surface area contributed by atoms with Gasteiger partial charge in [-0.1, -0.05) is 6.92 Å². The van der Waals surface area contributed by atoms with E-state index in [1.165, 1.54) is 6.21 Å². The van der Waals surface area contributed by atoms with Crippen LogP contribution in [0.25, 0.3) is 0 Å². The van der Waals surface area contributed by atoms with Crippen molar-refractivity contribution < 1.29 is 4.79 Å². The Bertz CT molecular complexity index is 82.5. The molecule has 0 bridgehead atoms. The Kier molecular flexibility index (Phi) is 3.84. The van der Waals surface area contributed by atoms with Crippen molar-refractivity contribution in [2.75, 3.05) is 6.54 Å². The maximum Gasteiger partial charge on any atom is 0.207 e. The standard InChI is InChI=1S/C5H10N2O/c1-5(2-6)3-7-4-8/h2,4-6H,3H2,1H3,(H,7,8). The number of nitrogens with one attached hydrogen (secondary N) is 2. The first-order valence-corrected chi connectivity index (χ1v) is 2.49. The number of carbonyl (C=O) groups excluding carboxylic acids is 1. The van der Waals surface area contributed by atoms with Crippen LogP contribution in [0.2, 0.25) is 0 Å². The third-order valence-corrected chi connectivity index (χ3v) is 0.808. The van der Waals surface area contributed by atoms with Gasteiger partial charge in [-0.05, 0) is 6.21 Å². The average Bonchev–Trinajstić information content (AvgIpc) is 1.83. The minimum atomic E-state index is 0.153. The number of rotatable bonds is 4. The van der Waals surface area contributed by atoms with Gasteiger partial charge < -0.3 is 10.7 Å². The first-order chi connectivity index (χ1) is 3.81. The quantitative estimate of drug-likeness (QED) is 0.393. The van der Waals surface area contributed by atoms with Crippen molar-refractivity contribution >= 4 is 12.6 Å². The van der Waals surface area contributed by atoms with Crippen molar-refractivity contribution in [2.24, 2.45) is 5.92 Å². The number of hydrogen-bond acceptors (Lipinski definition) is 2. The Labute approximate surface area is 48.6 Å². The summed E-state index contributed by atoms with van der Waals surface area (Å²) in [5, 5.41) is 9.17. The van der Waals surface area contributed by atoms with E-state index in [-0.39, 0.29) is 5.92 Å². The highest BCUT2D eigenvalue weighted by Crippen LogP contribution is 1.82. The van der Waals surface area contributed by atoms with Gasteiger partial charge in [-0.25, -0.2) is 0 Å². The molecule has 3 nitrogen and oxygen atoms in total. The lowest BCUT2D eigenvalue weighted by Crippen LogP contribution is -2.19. The molecule has 1 amide bonds. The molecular weight excluding hydrogens is 104 g/mol. The van der Waals surface area contributed by atoms with E-state index in [1.54, 1.807) is 0 Å². The molecule has 0 heterocycles.